The van der Waals surface area contributed by atoms with Gasteiger partial charge in [0.1, 0.15) is 11.2 Å². The van der Waals surface area contributed by atoms with Crippen molar-refractivity contribution < 1.29 is 17.4 Å². The molecule has 0 radical (unpaired) electrons. The standard InChI is InChI=1S/C18H16.C4H4O4S/c1-3-7-15-13(5-1)9-11-18-16-8-4-2-6-14(16)10-12-17(15)18;5-9(6,7)4-1-2-8-3-4/h1,3,5,7,9-12H,2,4,6,8H2;1-3H,(H,5,6,7). The van der Waals surface area contributed by atoms with E-state index in [1.165, 1.54) is 53.5 Å². The second kappa shape index (κ2) is 7.18. The SMILES string of the molecule is O=S(=O)(O)c1ccoc1.c1ccc2c(c1)ccc1c3c(ccc12)CCCC3. The van der Waals surface area contributed by atoms with Crippen LogP contribution in [0.1, 0.15) is 24.0 Å². The zero-order valence-corrected chi connectivity index (χ0v) is 15.6. The summed E-state index contributed by atoms with van der Waals surface area (Å²) in [5, 5.41) is 5.64. The molecule has 0 saturated heterocycles. The first-order valence-electron chi connectivity index (χ1n) is 8.96. The molecule has 0 atom stereocenters. The Balaban J connectivity index is 0.000000170. The van der Waals surface area contributed by atoms with E-state index in [1.54, 1.807) is 11.1 Å². The molecule has 0 unspecified atom stereocenters. The van der Waals surface area contributed by atoms with Gasteiger partial charge < -0.3 is 4.42 Å². The average molecular weight is 380 g/mol. The van der Waals surface area contributed by atoms with Crippen LogP contribution in [-0.2, 0) is 23.0 Å². The molecule has 27 heavy (non-hydrogen) atoms. The maximum Gasteiger partial charge on any atom is 0.297 e. The molecule has 5 heteroatoms. The molecule has 1 N–H and O–H groups in total. The predicted molar refractivity (Wildman–Crippen MR) is 107 cm³/mol. The highest BCUT2D eigenvalue weighted by molar-refractivity contribution is 7.85. The number of rotatable bonds is 1. The lowest BCUT2D eigenvalue weighted by Gasteiger charge is -2.18. The van der Waals surface area contributed by atoms with Crippen LogP contribution in [0.3, 0.4) is 0 Å². The van der Waals surface area contributed by atoms with Crippen molar-refractivity contribution in [3.05, 3.63) is 78.3 Å². The van der Waals surface area contributed by atoms with Gasteiger partial charge >= 0.3 is 0 Å². The van der Waals surface area contributed by atoms with E-state index in [1.807, 2.05) is 0 Å². The van der Waals surface area contributed by atoms with Crippen LogP contribution < -0.4 is 0 Å². The van der Waals surface area contributed by atoms with E-state index in [0.717, 1.165) is 12.3 Å². The van der Waals surface area contributed by atoms with Crippen LogP contribution in [0, 0.1) is 0 Å². The van der Waals surface area contributed by atoms with Crippen LogP contribution in [0.2, 0.25) is 0 Å². The van der Waals surface area contributed by atoms with Gasteiger partial charge in [-0.2, -0.15) is 8.42 Å². The van der Waals surface area contributed by atoms with E-state index in [2.05, 4.69) is 52.9 Å². The maximum absolute atomic E-state index is 10.2. The molecule has 0 saturated carbocycles. The third-order valence-electron chi connectivity index (χ3n) is 5.05. The van der Waals surface area contributed by atoms with Crippen LogP contribution in [0.25, 0.3) is 21.5 Å². The van der Waals surface area contributed by atoms with Crippen LogP contribution >= 0.6 is 0 Å². The number of furan rings is 1. The molecule has 1 heterocycles. The van der Waals surface area contributed by atoms with Crippen LogP contribution in [0.4, 0.5) is 0 Å². The Morgan fingerprint density at radius 2 is 1.59 bits per heavy atom. The Bertz CT molecular complexity index is 1190. The predicted octanol–water partition coefficient (Wildman–Crippen LogP) is 5.40. The monoisotopic (exact) mass is 380 g/mol. The van der Waals surface area contributed by atoms with E-state index >= 15 is 0 Å². The fraction of sp³-hybridized carbons (Fsp3) is 0.182. The van der Waals surface area contributed by atoms with E-state index in [-0.39, 0.29) is 4.90 Å². The Labute approximate surface area is 158 Å². The van der Waals surface area contributed by atoms with Gasteiger partial charge in [-0.05, 0) is 64.4 Å². The fourth-order valence-electron chi connectivity index (χ4n) is 3.74. The number of fused-ring (bicyclic) bond motifs is 5. The maximum atomic E-state index is 10.2. The molecular weight excluding hydrogens is 360 g/mol. The molecule has 0 fully saturated rings. The normalized spacial score (nSPS) is 13.8. The summed E-state index contributed by atoms with van der Waals surface area (Å²) in [7, 11) is -4.05. The third-order valence-corrected chi connectivity index (χ3v) is 5.88. The van der Waals surface area contributed by atoms with Gasteiger partial charge in [0.15, 0.2) is 0 Å². The van der Waals surface area contributed by atoms with Crippen molar-refractivity contribution in [1.82, 2.24) is 0 Å². The first kappa shape index (κ1) is 17.8. The highest BCUT2D eigenvalue weighted by Crippen LogP contribution is 2.33. The van der Waals surface area contributed by atoms with Crippen LogP contribution in [0.15, 0.2) is 76.4 Å². The zero-order valence-electron chi connectivity index (χ0n) is 14.8. The van der Waals surface area contributed by atoms with Crippen LogP contribution in [0.5, 0.6) is 0 Å². The first-order chi connectivity index (χ1) is 13.0. The molecule has 1 aromatic heterocycles. The lowest BCUT2D eigenvalue weighted by atomic mass is 9.86. The van der Waals surface area contributed by atoms with Gasteiger partial charge in [0.05, 0.1) is 6.26 Å². The molecule has 0 amide bonds. The van der Waals surface area contributed by atoms with Crippen molar-refractivity contribution in [2.45, 2.75) is 30.6 Å². The summed E-state index contributed by atoms with van der Waals surface area (Å²) in [6.45, 7) is 0. The minimum atomic E-state index is -4.05. The van der Waals surface area contributed by atoms with Gasteiger partial charge in [0, 0.05) is 0 Å². The lowest BCUT2D eigenvalue weighted by molar-refractivity contribution is 0.480. The molecule has 138 valence electrons. The fourth-order valence-corrected chi connectivity index (χ4v) is 4.15. The minimum Gasteiger partial charge on any atom is -0.471 e. The zero-order chi connectivity index (χ0) is 18.9. The van der Waals surface area contributed by atoms with Crippen molar-refractivity contribution in [1.29, 1.82) is 0 Å². The molecule has 0 bridgehead atoms. The largest absolute Gasteiger partial charge is 0.471 e. The Kier molecular flexibility index (Phi) is 4.72. The first-order valence-corrected chi connectivity index (χ1v) is 10.4. The number of aryl methyl sites for hydroxylation is 2. The summed E-state index contributed by atoms with van der Waals surface area (Å²) in [4.78, 5) is -0.220. The summed E-state index contributed by atoms with van der Waals surface area (Å²) in [6.07, 6.45) is 7.34. The quantitative estimate of drug-likeness (QED) is 0.355. The molecule has 0 spiro atoms. The van der Waals surface area contributed by atoms with Gasteiger partial charge in [-0.25, -0.2) is 0 Å². The summed E-state index contributed by atoms with van der Waals surface area (Å²) >= 11 is 0. The van der Waals surface area contributed by atoms with E-state index in [4.69, 9.17) is 4.55 Å². The van der Waals surface area contributed by atoms with Crippen molar-refractivity contribution in [3.63, 3.8) is 0 Å². The Morgan fingerprint density at radius 3 is 2.33 bits per heavy atom. The number of hydrogen-bond donors (Lipinski definition) is 1. The van der Waals surface area contributed by atoms with E-state index < -0.39 is 10.1 Å². The van der Waals surface area contributed by atoms with Gasteiger partial charge in [0.2, 0.25) is 0 Å². The molecule has 4 nitrogen and oxygen atoms in total. The van der Waals surface area contributed by atoms with Crippen molar-refractivity contribution >= 4 is 31.7 Å². The molecule has 1 aliphatic rings. The van der Waals surface area contributed by atoms with Crippen molar-refractivity contribution in [2.75, 3.05) is 0 Å². The summed E-state index contributed by atoms with van der Waals surface area (Å²) < 4.78 is 33.1. The summed E-state index contributed by atoms with van der Waals surface area (Å²) in [6, 6.07) is 19.1. The van der Waals surface area contributed by atoms with E-state index in [9.17, 15) is 8.42 Å². The van der Waals surface area contributed by atoms with Crippen molar-refractivity contribution in [3.8, 4) is 0 Å². The summed E-state index contributed by atoms with van der Waals surface area (Å²) in [5.41, 5.74) is 3.17. The second-order valence-electron chi connectivity index (χ2n) is 6.73. The lowest BCUT2D eigenvalue weighted by Crippen LogP contribution is -2.02. The number of hydrogen-bond acceptors (Lipinski definition) is 3. The van der Waals surface area contributed by atoms with Gasteiger partial charge in [-0.3, -0.25) is 4.55 Å². The highest BCUT2D eigenvalue weighted by atomic mass is 32.2. The molecule has 1 aliphatic carbocycles. The molecule has 5 rings (SSSR count). The smallest absolute Gasteiger partial charge is 0.297 e. The summed E-state index contributed by atoms with van der Waals surface area (Å²) in [5.74, 6) is 0. The van der Waals surface area contributed by atoms with Gasteiger partial charge in [-0.1, -0.05) is 48.5 Å². The Morgan fingerprint density at radius 1 is 0.815 bits per heavy atom. The number of benzene rings is 3. The average Bonchev–Trinajstić information content (AvgIpc) is 3.23. The molecule has 3 aromatic carbocycles. The molecule has 0 aliphatic heterocycles. The van der Waals surface area contributed by atoms with E-state index in [0.29, 0.717) is 0 Å². The topological polar surface area (TPSA) is 67.5 Å². The molecule has 4 aromatic rings. The van der Waals surface area contributed by atoms with Gasteiger partial charge in [-0.15, -0.1) is 0 Å². The van der Waals surface area contributed by atoms with Crippen LogP contribution in [-0.4, -0.2) is 13.0 Å². The third kappa shape index (κ3) is 3.61. The van der Waals surface area contributed by atoms with Gasteiger partial charge in [0.25, 0.3) is 10.1 Å². The molecular formula is C22H20O4S. The Hall–Kier alpha value is -2.63. The minimum absolute atomic E-state index is 0.220. The second-order valence-corrected chi connectivity index (χ2v) is 8.15. The van der Waals surface area contributed by atoms with Crippen molar-refractivity contribution in [2.24, 2.45) is 0 Å². The highest BCUT2D eigenvalue weighted by Gasteiger charge is 2.13.